The summed E-state index contributed by atoms with van der Waals surface area (Å²) in [6, 6.07) is 3.75. The molecule has 2 rings (SSSR count). The molecule has 1 amide bonds. The zero-order valence-corrected chi connectivity index (χ0v) is 10.2. The molecule has 0 radical (unpaired) electrons. The van der Waals surface area contributed by atoms with Crippen LogP contribution in [0.5, 0.6) is 0 Å². The van der Waals surface area contributed by atoms with Crippen molar-refractivity contribution in [1.29, 1.82) is 0 Å². The Morgan fingerprint density at radius 2 is 2.29 bits per heavy atom. The van der Waals surface area contributed by atoms with E-state index in [2.05, 4.69) is 22.5 Å². The van der Waals surface area contributed by atoms with Crippen molar-refractivity contribution in [2.45, 2.75) is 13.3 Å². The van der Waals surface area contributed by atoms with Crippen LogP contribution in [0.15, 0.2) is 23.9 Å². The zero-order chi connectivity index (χ0) is 12.3. The van der Waals surface area contributed by atoms with Gasteiger partial charge in [-0.15, -0.1) is 0 Å². The van der Waals surface area contributed by atoms with Gasteiger partial charge in [-0.05, 0) is 37.1 Å². The molecule has 1 aliphatic heterocycles. The molecule has 0 saturated carbocycles. The van der Waals surface area contributed by atoms with Crippen molar-refractivity contribution in [2.24, 2.45) is 0 Å². The van der Waals surface area contributed by atoms with Gasteiger partial charge in [-0.2, -0.15) is 0 Å². The third kappa shape index (κ3) is 2.53. The topological polar surface area (TPSA) is 54.0 Å². The molecule has 1 aromatic heterocycles. The number of rotatable bonds is 2. The molecular formula is C13H17N3O. The summed E-state index contributed by atoms with van der Waals surface area (Å²) >= 11 is 0. The van der Waals surface area contributed by atoms with Crippen LogP contribution in [0.1, 0.15) is 29.4 Å². The van der Waals surface area contributed by atoms with E-state index < -0.39 is 0 Å². The molecule has 2 N–H and O–H groups in total. The molecule has 0 saturated heterocycles. The Kier molecular flexibility index (Phi) is 3.54. The lowest BCUT2D eigenvalue weighted by Crippen LogP contribution is -2.23. The average molecular weight is 231 g/mol. The summed E-state index contributed by atoms with van der Waals surface area (Å²) in [5.41, 5.74) is 4.28. The number of hydrogen-bond acceptors (Lipinski definition) is 3. The number of carbonyl (C=O) groups is 1. The number of carbonyl (C=O) groups excluding carboxylic acids is 1. The minimum atomic E-state index is -0.146. The van der Waals surface area contributed by atoms with E-state index >= 15 is 0 Å². The summed E-state index contributed by atoms with van der Waals surface area (Å²) < 4.78 is 0. The predicted molar refractivity (Wildman–Crippen MR) is 67.7 cm³/mol. The van der Waals surface area contributed by atoms with Gasteiger partial charge in [0.15, 0.2) is 0 Å². The van der Waals surface area contributed by atoms with E-state index in [0.29, 0.717) is 5.69 Å². The van der Waals surface area contributed by atoms with E-state index in [4.69, 9.17) is 0 Å². The second-order valence-electron chi connectivity index (χ2n) is 4.20. The molecule has 0 unspecified atom stereocenters. The summed E-state index contributed by atoms with van der Waals surface area (Å²) in [6.07, 6.45) is 2.81. The van der Waals surface area contributed by atoms with Crippen LogP contribution in [0.4, 0.5) is 0 Å². The van der Waals surface area contributed by atoms with Crippen LogP contribution in [0, 0.1) is 0 Å². The van der Waals surface area contributed by atoms with Gasteiger partial charge in [0.25, 0.3) is 5.91 Å². The summed E-state index contributed by atoms with van der Waals surface area (Å²) in [5, 5.41) is 5.90. The van der Waals surface area contributed by atoms with E-state index in [1.165, 1.54) is 11.1 Å². The summed E-state index contributed by atoms with van der Waals surface area (Å²) in [7, 11) is 1.61. The lowest BCUT2D eigenvalue weighted by atomic mass is 9.96. The molecule has 0 fully saturated rings. The van der Waals surface area contributed by atoms with Crippen molar-refractivity contribution < 1.29 is 4.79 Å². The summed E-state index contributed by atoms with van der Waals surface area (Å²) in [5.74, 6) is -0.146. The van der Waals surface area contributed by atoms with Crippen LogP contribution in [-0.4, -0.2) is 31.0 Å². The monoisotopic (exact) mass is 231 g/mol. The van der Waals surface area contributed by atoms with Gasteiger partial charge < -0.3 is 10.6 Å². The highest BCUT2D eigenvalue weighted by Crippen LogP contribution is 2.23. The first-order valence-electron chi connectivity index (χ1n) is 5.80. The molecule has 2 heterocycles. The fourth-order valence-electron chi connectivity index (χ4n) is 2.03. The first-order chi connectivity index (χ1) is 8.22. The molecule has 17 heavy (non-hydrogen) atoms. The highest BCUT2D eigenvalue weighted by atomic mass is 16.1. The molecule has 4 heteroatoms. The maximum atomic E-state index is 11.4. The molecule has 0 atom stereocenters. The molecular weight excluding hydrogens is 214 g/mol. The van der Waals surface area contributed by atoms with Gasteiger partial charge in [0.1, 0.15) is 5.69 Å². The standard InChI is InChI=1S/C13H17N3O/c1-9-7-15-6-5-11(9)10-3-4-12(16-8-10)13(17)14-2/h3-4,8,15H,5-7H2,1-2H3,(H,14,17). The number of nitrogens with one attached hydrogen (secondary N) is 2. The largest absolute Gasteiger partial charge is 0.354 e. The van der Waals surface area contributed by atoms with Crippen molar-refractivity contribution in [3.8, 4) is 0 Å². The van der Waals surface area contributed by atoms with Crippen LogP contribution in [0.25, 0.3) is 5.57 Å². The van der Waals surface area contributed by atoms with E-state index in [1.807, 2.05) is 6.07 Å². The lowest BCUT2D eigenvalue weighted by Gasteiger charge is -2.19. The van der Waals surface area contributed by atoms with Gasteiger partial charge in [-0.25, -0.2) is 0 Å². The normalized spacial score (nSPS) is 15.9. The van der Waals surface area contributed by atoms with Gasteiger partial charge in [0, 0.05) is 19.8 Å². The third-order valence-corrected chi connectivity index (χ3v) is 3.03. The van der Waals surface area contributed by atoms with Crippen LogP contribution in [0.3, 0.4) is 0 Å². The lowest BCUT2D eigenvalue weighted by molar-refractivity contribution is 0.0958. The Balaban J connectivity index is 2.26. The summed E-state index contributed by atoms with van der Waals surface area (Å²) in [6.45, 7) is 4.07. The minimum Gasteiger partial charge on any atom is -0.354 e. The Morgan fingerprint density at radius 3 is 2.88 bits per heavy atom. The van der Waals surface area contributed by atoms with E-state index in [9.17, 15) is 4.79 Å². The predicted octanol–water partition coefficient (Wildman–Crippen LogP) is 1.21. The van der Waals surface area contributed by atoms with Gasteiger partial charge in [0.05, 0.1) is 0 Å². The average Bonchev–Trinajstić information content (AvgIpc) is 2.39. The van der Waals surface area contributed by atoms with Crippen molar-refractivity contribution >= 4 is 11.5 Å². The maximum Gasteiger partial charge on any atom is 0.269 e. The van der Waals surface area contributed by atoms with Gasteiger partial charge >= 0.3 is 0 Å². The first kappa shape index (κ1) is 11.8. The fraction of sp³-hybridized carbons (Fsp3) is 0.385. The minimum absolute atomic E-state index is 0.146. The Hall–Kier alpha value is -1.68. The van der Waals surface area contributed by atoms with E-state index in [1.54, 1.807) is 19.3 Å². The molecule has 0 spiro atoms. The highest BCUT2D eigenvalue weighted by molar-refractivity contribution is 5.92. The Morgan fingerprint density at radius 1 is 1.47 bits per heavy atom. The van der Waals surface area contributed by atoms with Crippen LogP contribution in [-0.2, 0) is 0 Å². The van der Waals surface area contributed by atoms with Crippen molar-refractivity contribution in [2.75, 3.05) is 20.1 Å². The molecule has 0 aliphatic carbocycles. The maximum absolute atomic E-state index is 11.4. The zero-order valence-electron chi connectivity index (χ0n) is 10.2. The van der Waals surface area contributed by atoms with E-state index in [0.717, 1.165) is 25.1 Å². The van der Waals surface area contributed by atoms with Gasteiger partial charge in [-0.1, -0.05) is 11.6 Å². The quantitative estimate of drug-likeness (QED) is 0.804. The second-order valence-corrected chi connectivity index (χ2v) is 4.20. The third-order valence-electron chi connectivity index (χ3n) is 3.03. The number of amides is 1. The molecule has 1 aromatic rings. The Labute approximate surface area is 101 Å². The number of pyridine rings is 1. The molecule has 0 bridgehead atoms. The number of hydrogen-bond donors (Lipinski definition) is 2. The highest BCUT2D eigenvalue weighted by Gasteiger charge is 2.12. The van der Waals surface area contributed by atoms with Gasteiger partial charge in [-0.3, -0.25) is 9.78 Å². The van der Waals surface area contributed by atoms with Crippen molar-refractivity contribution in [1.82, 2.24) is 15.6 Å². The second kappa shape index (κ2) is 5.10. The van der Waals surface area contributed by atoms with Crippen molar-refractivity contribution in [3.63, 3.8) is 0 Å². The summed E-state index contributed by atoms with van der Waals surface area (Å²) in [4.78, 5) is 15.6. The molecule has 1 aliphatic rings. The first-order valence-corrected chi connectivity index (χ1v) is 5.80. The van der Waals surface area contributed by atoms with Gasteiger partial charge in [0.2, 0.25) is 0 Å². The van der Waals surface area contributed by atoms with Crippen LogP contribution in [0.2, 0.25) is 0 Å². The fourth-order valence-corrected chi connectivity index (χ4v) is 2.03. The SMILES string of the molecule is CNC(=O)c1ccc(C2=C(C)CNCC2)cn1. The smallest absolute Gasteiger partial charge is 0.269 e. The molecule has 4 nitrogen and oxygen atoms in total. The van der Waals surface area contributed by atoms with E-state index in [-0.39, 0.29) is 5.91 Å². The number of aromatic nitrogens is 1. The van der Waals surface area contributed by atoms with Crippen LogP contribution < -0.4 is 10.6 Å². The van der Waals surface area contributed by atoms with Crippen molar-refractivity contribution in [3.05, 3.63) is 35.2 Å². The Bertz CT molecular complexity index is 448. The number of nitrogens with zero attached hydrogens (tertiary/aromatic N) is 1. The molecule has 0 aromatic carbocycles. The van der Waals surface area contributed by atoms with Crippen LogP contribution >= 0.6 is 0 Å². The molecule has 90 valence electrons.